The Morgan fingerprint density at radius 1 is 0.929 bits per heavy atom. The molecule has 0 saturated heterocycles. The summed E-state index contributed by atoms with van der Waals surface area (Å²) in [5.41, 5.74) is 0.889. The number of hydrogen-bond donors (Lipinski definition) is 0. The average Bonchev–Trinajstić information content (AvgIpc) is 2.26. The number of benzene rings is 1. The summed E-state index contributed by atoms with van der Waals surface area (Å²) in [6.07, 6.45) is 13.4. The van der Waals surface area contributed by atoms with E-state index in [-0.39, 0.29) is 0 Å². The Kier molecular flexibility index (Phi) is 4.80. The highest BCUT2D eigenvalue weighted by Gasteiger charge is 2.06. The molecule has 0 nitrogen and oxygen atoms in total. The van der Waals surface area contributed by atoms with Crippen molar-refractivity contribution < 1.29 is 0 Å². The molecule has 1 aromatic rings. The van der Waals surface area contributed by atoms with E-state index in [1.165, 1.54) is 9.79 Å². The molecule has 0 aliphatic carbocycles. The van der Waals surface area contributed by atoms with Gasteiger partial charge in [0.1, 0.15) is 0 Å². The largest absolute Gasteiger partial charge is 0.128 e. The van der Waals surface area contributed by atoms with Gasteiger partial charge in [-0.15, -0.1) is 35.3 Å². The van der Waals surface area contributed by atoms with E-state index < -0.39 is 0 Å². The Hall–Kier alpha value is -0.170. The lowest BCUT2D eigenvalue weighted by atomic mass is 10.2. The van der Waals surface area contributed by atoms with Gasteiger partial charge in [-0.2, -0.15) is 0 Å². The molecule has 0 aliphatic heterocycles. The molecule has 0 N–H and O–H groups in total. The Balaban J connectivity index is 3.30. The first kappa shape index (κ1) is 11.9. The maximum Gasteiger partial charge on any atom is 0.0403 e. The highest BCUT2D eigenvalue weighted by molar-refractivity contribution is 8.01. The fraction of sp³-hybridized carbons (Fsp3) is 0.273. The molecule has 14 heavy (non-hydrogen) atoms. The lowest BCUT2D eigenvalue weighted by Crippen LogP contribution is -1.85. The van der Waals surface area contributed by atoms with E-state index in [4.69, 9.17) is 6.42 Å². The monoisotopic (exact) mass is 239 g/mol. The molecule has 0 amide bonds. The number of thioether (sulfide) groups is 3. The second-order valence-electron chi connectivity index (χ2n) is 2.53. The number of hydrogen-bond acceptors (Lipinski definition) is 3. The van der Waals surface area contributed by atoms with Crippen molar-refractivity contribution in [3.63, 3.8) is 0 Å². The molecule has 0 atom stereocenters. The third-order valence-electron chi connectivity index (χ3n) is 1.84. The van der Waals surface area contributed by atoms with Crippen LogP contribution in [0.5, 0.6) is 0 Å². The molecule has 0 aromatic heterocycles. The SMILES string of the molecule is [C]#Cc1cc(SC)c(SC)cc1SC. The van der Waals surface area contributed by atoms with E-state index in [1.54, 1.807) is 35.3 Å². The van der Waals surface area contributed by atoms with E-state index >= 15 is 0 Å². The van der Waals surface area contributed by atoms with Crippen molar-refractivity contribution >= 4 is 35.3 Å². The minimum absolute atomic E-state index is 0.889. The first-order valence-electron chi connectivity index (χ1n) is 3.99. The average molecular weight is 239 g/mol. The summed E-state index contributed by atoms with van der Waals surface area (Å²) >= 11 is 5.12. The molecule has 3 heteroatoms. The second-order valence-corrected chi connectivity index (χ2v) is 5.08. The Morgan fingerprint density at radius 3 is 1.86 bits per heavy atom. The molecule has 1 rings (SSSR count). The van der Waals surface area contributed by atoms with Crippen molar-refractivity contribution in [2.24, 2.45) is 0 Å². The van der Waals surface area contributed by atoms with Crippen LogP contribution >= 0.6 is 35.3 Å². The van der Waals surface area contributed by atoms with Gasteiger partial charge in [0.05, 0.1) is 0 Å². The molecule has 0 spiro atoms. The Morgan fingerprint density at radius 2 is 1.43 bits per heavy atom. The van der Waals surface area contributed by atoms with Crippen LogP contribution in [0.15, 0.2) is 26.8 Å². The molecule has 0 unspecified atom stereocenters. The Labute approximate surface area is 98.6 Å². The van der Waals surface area contributed by atoms with Crippen LogP contribution in [0.1, 0.15) is 5.56 Å². The van der Waals surface area contributed by atoms with E-state index in [1.807, 2.05) is 12.3 Å². The molecule has 0 fully saturated rings. The van der Waals surface area contributed by atoms with Crippen LogP contribution in [0.25, 0.3) is 0 Å². The van der Waals surface area contributed by atoms with Gasteiger partial charge < -0.3 is 0 Å². The van der Waals surface area contributed by atoms with Crippen molar-refractivity contribution in [3.05, 3.63) is 24.1 Å². The molecule has 0 aliphatic rings. The molecule has 1 radical (unpaired) electrons. The van der Waals surface area contributed by atoms with Gasteiger partial charge in [-0.3, -0.25) is 0 Å². The molecular weight excluding hydrogens is 228 g/mol. The van der Waals surface area contributed by atoms with E-state index in [9.17, 15) is 0 Å². The highest BCUT2D eigenvalue weighted by atomic mass is 32.2. The molecule has 0 saturated carbocycles. The van der Waals surface area contributed by atoms with Gasteiger partial charge >= 0.3 is 0 Å². The van der Waals surface area contributed by atoms with Gasteiger partial charge in [-0.25, -0.2) is 0 Å². The van der Waals surface area contributed by atoms with Crippen molar-refractivity contribution in [2.75, 3.05) is 18.8 Å². The predicted octanol–water partition coefficient (Wildman–Crippen LogP) is 3.79. The van der Waals surface area contributed by atoms with E-state index in [0.29, 0.717) is 0 Å². The summed E-state index contributed by atoms with van der Waals surface area (Å²) in [6, 6.07) is 4.17. The molecule has 0 heterocycles. The maximum atomic E-state index is 7.21. The van der Waals surface area contributed by atoms with E-state index in [2.05, 4.69) is 24.5 Å². The molecule has 1 aromatic carbocycles. The van der Waals surface area contributed by atoms with Gasteiger partial charge in [-0.1, -0.05) is 5.92 Å². The van der Waals surface area contributed by atoms with Crippen molar-refractivity contribution in [3.8, 4) is 5.92 Å². The minimum Gasteiger partial charge on any atom is -0.128 e. The zero-order chi connectivity index (χ0) is 10.6. The minimum atomic E-state index is 0.889. The summed E-state index contributed by atoms with van der Waals surface area (Å²) < 4.78 is 0. The van der Waals surface area contributed by atoms with Crippen molar-refractivity contribution in [1.82, 2.24) is 0 Å². The fourth-order valence-electron chi connectivity index (χ4n) is 1.13. The predicted molar refractivity (Wildman–Crippen MR) is 68.0 cm³/mol. The molecular formula is C11H11S3. The van der Waals surface area contributed by atoms with Crippen LogP contribution in [0.3, 0.4) is 0 Å². The van der Waals surface area contributed by atoms with Gasteiger partial charge in [-0.05, 0) is 37.3 Å². The van der Waals surface area contributed by atoms with Crippen molar-refractivity contribution in [1.29, 1.82) is 0 Å². The first-order valence-corrected chi connectivity index (χ1v) is 7.67. The van der Waals surface area contributed by atoms with Gasteiger partial charge in [0, 0.05) is 20.2 Å². The molecule has 0 bridgehead atoms. The summed E-state index contributed by atoms with van der Waals surface area (Å²) in [4.78, 5) is 3.63. The van der Waals surface area contributed by atoms with E-state index in [0.717, 1.165) is 10.5 Å². The lowest BCUT2D eigenvalue weighted by Gasteiger charge is -2.08. The van der Waals surface area contributed by atoms with Gasteiger partial charge in [0.25, 0.3) is 0 Å². The van der Waals surface area contributed by atoms with Gasteiger partial charge in [0.2, 0.25) is 0 Å². The first-order chi connectivity index (χ1) is 6.76. The number of rotatable bonds is 3. The summed E-state index contributed by atoms with van der Waals surface area (Å²) in [5, 5.41) is 0. The van der Waals surface area contributed by atoms with Gasteiger partial charge in [0.15, 0.2) is 0 Å². The standard InChI is InChI=1S/C11H11S3/c1-5-8-6-10(13-3)11(14-4)7-9(8)12-2/h6-7H,2-4H3. The second kappa shape index (κ2) is 5.65. The van der Waals surface area contributed by atoms with Crippen LogP contribution in [0, 0.1) is 12.3 Å². The summed E-state index contributed by atoms with van der Waals surface area (Å²) in [6.45, 7) is 0. The fourth-order valence-corrected chi connectivity index (χ4v) is 3.26. The quantitative estimate of drug-likeness (QED) is 0.582. The normalized spacial score (nSPS) is 9.86. The van der Waals surface area contributed by atoms with Crippen LogP contribution < -0.4 is 0 Å². The van der Waals surface area contributed by atoms with Crippen LogP contribution in [-0.2, 0) is 0 Å². The zero-order valence-corrected chi connectivity index (χ0v) is 10.8. The Bertz CT molecular complexity index is 364. The summed E-state index contributed by atoms with van der Waals surface area (Å²) in [7, 11) is 0. The lowest BCUT2D eigenvalue weighted by molar-refractivity contribution is 1.18. The molecule has 73 valence electrons. The summed E-state index contributed by atoms with van der Waals surface area (Å²) in [5.74, 6) is 2.48. The van der Waals surface area contributed by atoms with Crippen LogP contribution in [0.2, 0.25) is 0 Å². The maximum absolute atomic E-state index is 7.21. The highest BCUT2D eigenvalue weighted by Crippen LogP contribution is 2.33. The third kappa shape index (κ3) is 2.44. The van der Waals surface area contributed by atoms with Crippen LogP contribution in [-0.4, -0.2) is 18.8 Å². The topological polar surface area (TPSA) is 0 Å². The van der Waals surface area contributed by atoms with Crippen molar-refractivity contribution in [2.45, 2.75) is 14.7 Å². The zero-order valence-electron chi connectivity index (χ0n) is 8.38. The van der Waals surface area contributed by atoms with Crippen LogP contribution in [0.4, 0.5) is 0 Å². The third-order valence-corrected chi connectivity index (χ3v) is 4.30. The smallest absolute Gasteiger partial charge is 0.0403 e.